The Bertz CT molecular complexity index is 2700. The summed E-state index contributed by atoms with van der Waals surface area (Å²) < 4.78 is 30.9. The lowest BCUT2D eigenvalue weighted by Crippen LogP contribution is -2.33. The molecule has 0 unspecified atom stereocenters. The average Bonchev–Trinajstić information content (AvgIpc) is 3.17. The van der Waals surface area contributed by atoms with Crippen LogP contribution in [0.25, 0.3) is 22.3 Å². The SMILES string of the molecule is Cc1cc(C)c(OP(Oc2c(C)cc(C)cc2C(C)(C)C)c2ccc3c(c2P(Oc2c(C)cc(C)cc2C(C)(C)C)Oc2c(C)cc(C)cc2C(C)(C)C)-c2ccccc2-3)c(C(C)(C)C)c1. The summed E-state index contributed by atoms with van der Waals surface area (Å²) in [6.45, 7) is 44.6. The van der Waals surface area contributed by atoms with Crippen LogP contribution >= 0.6 is 16.8 Å². The second kappa shape index (κ2) is 17.8. The van der Waals surface area contributed by atoms with Crippen LogP contribution in [0.2, 0.25) is 0 Å². The highest BCUT2D eigenvalue weighted by atomic mass is 31.2. The van der Waals surface area contributed by atoms with Gasteiger partial charge in [0.15, 0.2) is 0 Å². The normalized spacial score (nSPS) is 12.8. The zero-order valence-electron chi connectivity index (χ0n) is 43.6. The Hall–Kier alpha value is -4.62. The maximum Gasteiger partial charge on any atom is 0.327 e. The first-order valence-corrected chi connectivity index (χ1v) is 26.0. The van der Waals surface area contributed by atoms with Crippen molar-refractivity contribution in [2.75, 3.05) is 0 Å². The lowest BCUT2D eigenvalue weighted by molar-refractivity contribution is 0.461. The molecule has 1 aliphatic carbocycles. The largest absolute Gasteiger partial charge is 0.435 e. The van der Waals surface area contributed by atoms with Gasteiger partial charge in [0.25, 0.3) is 0 Å². The minimum Gasteiger partial charge on any atom is -0.435 e. The molecule has 0 bridgehead atoms. The molecule has 0 fully saturated rings. The number of hydrogen-bond donors (Lipinski definition) is 0. The van der Waals surface area contributed by atoms with Crippen molar-refractivity contribution < 1.29 is 18.1 Å². The Balaban J connectivity index is 1.60. The summed E-state index contributed by atoms with van der Waals surface area (Å²) >= 11 is 0. The summed E-state index contributed by atoms with van der Waals surface area (Å²) in [6, 6.07) is 31.3. The third kappa shape index (κ3) is 9.84. The Morgan fingerprint density at radius 1 is 0.333 bits per heavy atom. The van der Waals surface area contributed by atoms with Crippen LogP contribution in [0.3, 0.4) is 0 Å². The van der Waals surface area contributed by atoms with Crippen LogP contribution in [-0.4, -0.2) is 0 Å². The van der Waals surface area contributed by atoms with Crippen LogP contribution in [0, 0.1) is 55.4 Å². The van der Waals surface area contributed by atoms with E-state index in [1.807, 2.05) is 0 Å². The maximum atomic E-state index is 7.75. The molecule has 0 N–H and O–H groups in total. The number of aryl methyl sites for hydroxylation is 8. The Morgan fingerprint density at radius 3 is 0.955 bits per heavy atom. The van der Waals surface area contributed by atoms with E-state index in [-0.39, 0.29) is 21.7 Å². The summed E-state index contributed by atoms with van der Waals surface area (Å²) in [5.41, 5.74) is 17.6. The van der Waals surface area contributed by atoms with E-state index in [2.05, 4.69) is 223 Å². The molecule has 66 heavy (non-hydrogen) atoms. The molecule has 6 aromatic rings. The van der Waals surface area contributed by atoms with Crippen LogP contribution in [0.15, 0.2) is 84.9 Å². The van der Waals surface area contributed by atoms with Gasteiger partial charge in [-0.15, -0.1) is 0 Å². The standard InChI is InChI=1S/C60H74O4P2/c1-35-27-39(5)52(46(31-35)57(9,10)11)61-65(62-53-40(6)28-36(2)32-47(53)58(12,13)14)50-26-25-45-43-23-21-22-24-44(43)51(45)56(50)66(63-54-41(7)29-37(3)33-48(54)59(15,16)17)64-55-42(8)30-38(4)34-49(55)60(18,19)20/h21-34H,1-20H3. The first-order chi connectivity index (χ1) is 30.5. The fraction of sp³-hybridized carbons (Fsp3) is 0.400. The second-order valence-electron chi connectivity index (χ2n) is 23.1. The van der Waals surface area contributed by atoms with E-state index < -0.39 is 16.8 Å². The second-order valence-corrected chi connectivity index (χ2v) is 25.8. The smallest absolute Gasteiger partial charge is 0.327 e. The molecule has 0 saturated carbocycles. The highest BCUT2D eigenvalue weighted by molar-refractivity contribution is 7.64. The summed E-state index contributed by atoms with van der Waals surface area (Å²) in [6.07, 6.45) is 0. The van der Waals surface area contributed by atoms with Gasteiger partial charge in [-0.1, -0.05) is 184 Å². The lowest BCUT2D eigenvalue weighted by Gasteiger charge is -2.35. The molecule has 0 aromatic heterocycles. The molecule has 348 valence electrons. The van der Waals surface area contributed by atoms with Crippen molar-refractivity contribution in [3.63, 3.8) is 0 Å². The van der Waals surface area contributed by atoms with E-state index in [9.17, 15) is 0 Å². The van der Waals surface area contributed by atoms with Gasteiger partial charge in [0.1, 0.15) is 23.0 Å². The molecule has 0 radical (unpaired) electrons. The van der Waals surface area contributed by atoms with Crippen molar-refractivity contribution in [2.45, 2.75) is 160 Å². The summed E-state index contributed by atoms with van der Waals surface area (Å²) in [4.78, 5) is 0. The van der Waals surface area contributed by atoms with E-state index >= 15 is 0 Å². The van der Waals surface area contributed by atoms with Crippen molar-refractivity contribution in [2.24, 2.45) is 0 Å². The third-order valence-electron chi connectivity index (χ3n) is 12.6. The molecule has 7 rings (SSSR count). The molecule has 0 heterocycles. The topological polar surface area (TPSA) is 36.9 Å². The summed E-state index contributed by atoms with van der Waals surface area (Å²) in [5, 5.41) is 1.92. The predicted molar refractivity (Wildman–Crippen MR) is 285 cm³/mol. The zero-order valence-corrected chi connectivity index (χ0v) is 45.4. The average molecular weight is 921 g/mol. The van der Waals surface area contributed by atoms with Crippen molar-refractivity contribution in [1.29, 1.82) is 0 Å². The van der Waals surface area contributed by atoms with E-state index in [1.54, 1.807) is 0 Å². The number of hydrogen-bond acceptors (Lipinski definition) is 4. The monoisotopic (exact) mass is 921 g/mol. The lowest BCUT2D eigenvalue weighted by atomic mass is 9.81. The Kier molecular flexibility index (Phi) is 13.3. The molecular weight excluding hydrogens is 847 g/mol. The molecule has 0 spiro atoms. The first-order valence-electron chi connectivity index (χ1n) is 23.6. The minimum absolute atomic E-state index is 0.205. The van der Waals surface area contributed by atoms with Crippen molar-refractivity contribution in [3.8, 4) is 45.3 Å². The number of fused-ring (bicyclic) bond motifs is 4. The van der Waals surface area contributed by atoms with E-state index in [0.717, 1.165) is 83.7 Å². The van der Waals surface area contributed by atoms with Gasteiger partial charge in [-0.2, -0.15) is 0 Å². The van der Waals surface area contributed by atoms with Gasteiger partial charge in [-0.3, -0.25) is 0 Å². The minimum atomic E-state index is -1.93. The van der Waals surface area contributed by atoms with Crippen molar-refractivity contribution in [1.82, 2.24) is 0 Å². The van der Waals surface area contributed by atoms with Gasteiger partial charge in [0, 0.05) is 27.8 Å². The molecule has 6 heteroatoms. The number of rotatable bonds is 10. The van der Waals surface area contributed by atoms with Crippen molar-refractivity contribution in [3.05, 3.63) is 152 Å². The maximum absolute atomic E-state index is 7.75. The van der Waals surface area contributed by atoms with Gasteiger partial charge in [-0.05, 0) is 122 Å². The fourth-order valence-electron chi connectivity index (χ4n) is 9.37. The molecule has 6 aromatic carbocycles. The Labute approximate surface area is 400 Å². The van der Waals surface area contributed by atoms with Crippen molar-refractivity contribution >= 4 is 27.4 Å². The summed E-state index contributed by atoms with van der Waals surface area (Å²) in [5.74, 6) is 3.43. The van der Waals surface area contributed by atoms with Gasteiger partial charge < -0.3 is 18.1 Å². The quantitative estimate of drug-likeness (QED) is 0.128. The van der Waals surface area contributed by atoms with Crippen LogP contribution in [-0.2, 0) is 21.7 Å². The molecule has 4 nitrogen and oxygen atoms in total. The van der Waals surface area contributed by atoms with Gasteiger partial charge in [0.2, 0.25) is 0 Å². The zero-order chi connectivity index (χ0) is 48.6. The van der Waals surface area contributed by atoms with Crippen LogP contribution in [0.5, 0.6) is 23.0 Å². The van der Waals surface area contributed by atoms with Gasteiger partial charge in [-0.25, -0.2) is 0 Å². The third-order valence-corrected chi connectivity index (χ3v) is 15.8. The fourth-order valence-corrected chi connectivity index (χ4v) is 13.1. The van der Waals surface area contributed by atoms with Crippen LogP contribution in [0.4, 0.5) is 0 Å². The molecule has 0 amide bonds. The molecule has 0 atom stereocenters. The first kappa shape index (κ1) is 49.3. The van der Waals surface area contributed by atoms with E-state index in [1.165, 1.54) is 38.9 Å². The molecule has 1 aliphatic rings. The summed E-state index contributed by atoms with van der Waals surface area (Å²) in [7, 11) is -3.83. The van der Waals surface area contributed by atoms with E-state index in [0.29, 0.717) is 0 Å². The highest BCUT2D eigenvalue weighted by Gasteiger charge is 2.41. The van der Waals surface area contributed by atoms with E-state index in [4.69, 9.17) is 18.1 Å². The highest BCUT2D eigenvalue weighted by Crippen LogP contribution is 2.57. The van der Waals surface area contributed by atoms with Gasteiger partial charge in [0.05, 0.1) is 10.6 Å². The molecule has 0 saturated heterocycles. The Morgan fingerprint density at radius 2 is 0.636 bits per heavy atom. The van der Waals surface area contributed by atoms with Crippen LogP contribution < -0.4 is 28.7 Å². The van der Waals surface area contributed by atoms with Gasteiger partial charge >= 0.3 is 16.8 Å². The molecular formula is C60H74O4P2. The predicted octanol–water partition coefficient (Wildman–Crippen LogP) is 17.2. The molecule has 0 aliphatic heterocycles. The van der Waals surface area contributed by atoms with Crippen LogP contribution in [0.1, 0.15) is 150 Å². The number of benzene rings is 6.